The summed E-state index contributed by atoms with van der Waals surface area (Å²) in [6, 6.07) is 15.2. The molecule has 1 unspecified atom stereocenters. The number of rotatable bonds is 4. The van der Waals surface area contributed by atoms with Crippen molar-refractivity contribution in [3.05, 3.63) is 81.7 Å². The zero-order valence-corrected chi connectivity index (χ0v) is 18.0. The molecule has 0 fully saturated rings. The van der Waals surface area contributed by atoms with Crippen LogP contribution in [0.4, 0.5) is 5.69 Å². The molecule has 1 atom stereocenters. The Bertz CT molecular complexity index is 1160. The Morgan fingerprint density at radius 2 is 1.90 bits per heavy atom. The number of halogens is 1. The van der Waals surface area contributed by atoms with Crippen molar-refractivity contribution in [2.75, 3.05) is 5.32 Å². The molecule has 0 spiro atoms. The van der Waals surface area contributed by atoms with Gasteiger partial charge in [-0.3, -0.25) is 4.79 Å². The van der Waals surface area contributed by atoms with Gasteiger partial charge in [0.15, 0.2) is 0 Å². The first-order valence-electron chi connectivity index (χ1n) is 9.05. The quantitative estimate of drug-likeness (QED) is 0.643. The second-order valence-electron chi connectivity index (χ2n) is 6.92. The summed E-state index contributed by atoms with van der Waals surface area (Å²) in [6.07, 6.45) is 0.319. The van der Waals surface area contributed by atoms with Crippen molar-refractivity contribution in [3.8, 4) is 0 Å². The van der Waals surface area contributed by atoms with Crippen LogP contribution in [0.1, 0.15) is 16.7 Å². The van der Waals surface area contributed by atoms with Crippen LogP contribution in [0.2, 0.25) is 5.02 Å². The lowest BCUT2D eigenvalue weighted by Gasteiger charge is -2.34. The Balaban J connectivity index is 1.71. The average Bonchev–Trinajstić information content (AvgIpc) is 3.25. The van der Waals surface area contributed by atoms with E-state index < -0.39 is 16.1 Å². The first-order chi connectivity index (χ1) is 13.9. The van der Waals surface area contributed by atoms with Gasteiger partial charge >= 0.3 is 0 Å². The van der Waals surface area contributed by atoms with Gasteiger partial charge in [0, 0.05) is 17.3 Å². The minimum absolute atomic E-state index is 0.161. The van der Waals surface area contributed by atoms with Crippen LogP contribution in [-0.4, -0.2) is 24.7 Å². The van der Waals surface area contributed by atoms with Gasteiger partial charge in [0.25, 0.3) is 10.0 Å². The number of hydrogen-bond acceptors (Lipinski definition) is 4. The summed E-state index contributed by atoms with van der Waals surface area (Å²) in [4.78, 5) is 13.2. The van der Waals surface area contributed by atoms with E-state index in [1.807, 2.05) is 31.2 Å². The van der Waals surface area contributed by atoms with Crippen LogP contribution in [-0.2, 0) is 27.8 Å². The number of carbonyl (C=O) groups excluding carboxylic acids is 1. The molecule has 0 saturated carbocycles. The number of nitrogens with zero attached hydrogens (tertiary/aromatic N) is 1. The average molecular weight is 447 g/mol. The summed E-state index contributed by atoms with van der Waals surface area (Å²) >= 11 is 7.15. The highest BCUT2D eigenvalue weighted by atomic mass is 35.5. The lowest BCUT2D eigenvalue weighted by Crippen LogP contribution is -2.50. The number of sulfonamides is 1. The Labute approximate surface area is 179 Å². The van der Waals surface area contributed by atoms with Crippen LogP contribution in [0, 0.1) is 6.92 Å². The molecule has 8 heteroatoms. The molecule has 2 heterocycles. The molecule has 1 aliphatic rings. The van der Waals surface area contributed by atoms with Gasteiger partial charge in [-0.2, -0.15) is 4.31 Å². The molecule has 29 heavy (non-hydrogen) atoms. The van der Waals surface area contributed by atoms with Gasteiger partial charge in [-0.15, -0.1) is 11.3 Å². The minimum Gasteiger partial charge on any atom is -0.324 e. The maximum Gasteiger partial charge on any atom is 0.253 e. The smallest absolute Gasteiger partial charge is 0.253 e. The normalized spacial score (nSPS) is 17.0. The van der Waals surface area contributed by atoms with Gasteiger partial charge in [-0.25, -0.2) is 8.42 Å². The second-order valence-corrected chi connectivity index (χ2v) is 10.4. The molecule has 1 aromatic heterocycles. The highest BCUT2D eigenvalue weighted by Gasteiger charge is 2.40. The summed E-state index contributed by atoms with van der Waals surface area (Å²) in [6.45, 7) is 2.01. The fourth-order valence-electron chi connectivity index (χ4n) is 3.48. The maximum absolute atomic E-state index is 13.3. The van der Waals surface area contributed by atoms with Crippen molar-refractivity contribution in [1.82, 2.24) is 4.31 Å². The molecule has 150 valence electrons. The monoisotopic (exact) mass is 446 g/mol. The zero-order valence-electron chi connectivity index (χ0n) is 15.6. The number of benzene rings is 2. The van der Waals surface area contributed by atoms with E-state index in [1.54, 1.807) is 35.7 Å². The molecule has 2 aromatic carbocycles. The molecule has 0 radical (unpaired) electrons. The Hall–Kier alpha value is -2.19. The summed E-state index contributed by atoms with van der Waals surface area (Å²) in [5.41, 5.74) is 3.33. The predicted octanol–water partition coefficient (Wildman–Crippen LogP) is 4.46. The second kappa shape index (κ2) is 7.91. The molecule has 0 saturated heterocycles. The predicted molar refractivity (Wildman–Crippen MR) is 116 cm³/mol. The summed E-state index contributed by atoms with van der Waals surface area (Å²) in [5.74, 6) is -0.356. The van der Waals surface area contributed by atoms with Crippen molar-refractivity contribution in [1.29, 1.82) is 0 Å². The maximum atomic E-state index is 13.3. The number of hydrogen-bond donors (Lipinski definition) is 1. The molecular formula is C21H19ClN2O3S2. The highest BCUT2D eigenvalue weighted by Crippen LogP contribution is 2.31. The Morgan fingerprint density at radius 3 is 2.59 bits per heavy atom. The number of thiophene rings is 1. The van der Waals surface area contributed by atoms with Crippen LogP contribution in [0.5, 0.6) is 0 Å². The van der Waals surface area contributed by atoms with Crippen LogP contribution >= 0.6 is 22.9 Å². The SMILES string of the molecule is Cc1cc(Cl)ccc1NC(=O)C1Cc2ccccc2CN1S(=O)(=O)c1cccs1. The minimum atomic E-state index is -3.79. The van der Waals surface area contributed by atoms with Crippen molar-refractivity contribution >= 4 is 44.6 Å². The van der Waals surface area contributed by atoms with Gasteiger partial charge in [0.2, 0.25) is 5.91 Å². The largest absolute Gasteiger partial charge is 0.324 e. The third-order valence-corrected chi connectivity index (χ3v) is 8.48. The molecular weight excluding hydrogens is 428 g/mol. The molecule has 1 aliphatic heterocycles. The van der Waals surface area contributed by atoms with E-state index in [9.17, 15) is 13.2 Å². The lowest BCUT2D eigenvalue weighted by atomic mass is 9.95. The van der Waals surface area contributed by atoms with Crippen LogP contribution < -0.4 is 5.32 Å². The van der Waals surface area contributed by atoms with Gasteiger partial charge in [0.1, 0.15) is 10.3 Å². The van der Waals surface area contributed by atoms with E-state index >= 15 is 0 Å². The van der Waals surface area contributed by atoms with E-state index in [-0.39, 0.29) is 16.7 Å². The summed E-state index contributed by atoms with van der Waals surface area (Å²) in [5, 5.41) is 5.18. The van der Waals surface area contributed by atoms with E-state index in [0.717, 1.165) is 28.0 Å². The number of nitrogens with one attached hydrogen (secondary N) is 1. The van der Waals surface area contributed by atoms with Gasteiger partial charge in [-0.05, 0) is 59.7 Å². The Morgan fingerprint density at radius 1 is 1.14 bits per heavy atom. The lowest BCUT2D eigenvalue weighted by molar-refractivity contribution is -0.120. The standard InChI is InChI=1S/C21H19ClN2O3S2/c1-14-11-17(22)8-9-18(14)23-21(25)19-12-15-5-2-3-6-16(15)13-24(19)29(26,27)20-7-4-10-28-20/h2-11,19H,12-13H2,1H3,(H,23,25). The number of carbonyl (C=O) groups is 1. The first kappa shape index (κ1) is 20.1. The molecule has 0 aliphatic carbocycles. The van der Waals surface area contributed by atoms with Crippen molar-refractivity contribution < 1.29 is 13.2 Å². The fraction of sp³-hybridized carbons (Fsp3) is 0.190. The Kier molecular flexibility index (Phi) is 5.48. The van der Waals surface area contributed by atoms with Gasteiger partial charge in [-0.1, -0.05) is 41.9 Å². The molecule has 3 aromatic rings. The van der Waals surface area contributed by atoms with Crippen molar-refractivity contribution in [2.24, 2.45) is 0 Å². The van der Waals surface area contributed by atoms with E-state index in [0.29, 0.717) is 17.1 Å². The van der Waals surface area contributed by atoms with Crippen molar-refractivity contribution in [3.63, 3.8) is 0 Å². The third kappa shape index (κ3) is 3.96. The molecule has 5 nitrogen and oxygen atoms in total. The molecule has 1 N–H and O–H groups in total. The highest BCUT2D eigenvalue weighted by molar-refractivity contribution is 7.91. The topological polar surface area (TPSA) is 66.5 Å². The van der Waals surface area contributed by atoms with Crippen LogP contribution in [0.25, 0.3) is 0 Å². The van der Waals surface area contributed by atoms with Crippen LogP contribution in [0.3, 0.4) is 0 Å². The van der Waals surface area contributed by atoms with E-state index in [4.69, 9.17) is 11.6 Å². The van der Waals surface area contributed by atoms with Gasteiger partial charge < -0.3 is 5.32 Å². The fourth-order valence-corrected chi connectivity index (χ4v) is 6.40. The number of aryl methyl sites for hydroxylation is 1. The third-order valence-electron chi connectivity index (χ3n) is 5.01. The molecule has 4 rings (SSSR count). The summed E-state index contributed by atoms with van der Waals surface area (Å²) < 4.78 is 28.1. The first-order valence-corrected chi connectivity index (χ1v) is 11.7. The molecule has 1 amide bonds. The number of anilines is 1. The van der Waals surface area contributed by atoms with Crippen LogP contribution in [0.15, 0.2) is 64.2 Å². The molecule has 0 bridgehead atoms. The summed E-state index contributed by atoms with van der Waals surface area (Å²) in [7, 11) is -3.79. The number of fused-ring (bicyclic) bond motifs is 1. The van der Waals surface area contributed by atoms with E-state index in [1.165, 1.54) is 4.31 Å². The van der Waals surface area contributed by atoms with Crippen molar-refractivity contribution in [2.45, 2.75) is 30.1 Å². The van der Waals surface area contributed by atoms with Gasteiger partial charge in [0.05, 0.1) is 0 Å². The zero-order chi connectivity index (χ0) is 20.6. The number of amides is 1. The van der Waals surface area contributed by atoms with E-state index in [2.05, 4.69) is 5.32 Å².